The number of carbonyl (C=O) groups excluding carboxylic acids is 2. The van der Waals surface area contributed by atoms with Crippen LogP contribution >= 0.6 is 0 Å². The number of carbonyl (C=O) groups is 2. The van der Waals surface area contributed by atoms with Gasteiger partial charge in [-0.05, 0) is 54.5 Å². The van der Waals surface area contributed by atoms with Gasteiger partial charge in [0.15, 0.2) is 18.4 Å². The fourth-order valence-corrected chi connectivity index (χ4v) is 8.05. The molecule has 274 valence electrons. The molecule has 14 nitrogen and oxygen atoms in total. The minimum atomic E-state index is -1.77. The molecule has 0 radical (unpaired) electrons. The second-order valence-corrected chi connectivity index (χ2v) is 14.5. The summed E-state index contributed by atoms with van der Waals surface area (Å²) < 4.78 is 25.1. The van der Waals surface area contributed by atoms with Gasteiger partial charge in [0.1, 0.15) is 23.4 Å². The predicted molar refractivity (Wildman–Crippen MR) is 177 cm³/mol. The SMILES string of the molecule is CC[C@]1(O)C[C@H](O[C@@H]2C[C@H](N(C)C)[C@H](O)[C@H](C)O2)c2c(O)c3c(c(O)c2[C@@H]1O[C@@H]1C[C@H](N(C)C)[C@@H](O)[C@@H](C)O1)C(=O)c1cccc(O)c1C3=O. The van der Waals surface area contributed by atoms with Crippen molar-refractivity contribution in [2.45, 2.75) is 113 Å². The summed E-state index contributed by atoms with van der Waals surface area (Å²) in [6, 6.07) is 3.25. The van der Waals surface area contributed by atoms with Crippen molar-refractivity contribution in [2.75, 3.05) is 28.2 Å². The molecule has 2 aromatic carbocycles. The largest absolute Gasteiger partial charge is 0.507 e. The molecule has 11 atom stereocenters. The molecule has 0 bridgehead atoms. The van der Waals surface area contributed by atoms with Gasteiger partial charge >= 0.3 is 0 Å². The highest BCUT2D eigenvalue weighted by Gasteiger charge is 2.54. The van der Waals surface area contributed by atoms with Crippen molar-refractivity contribution in [3.05, 3.63) is 51.6 Å². The van der Waals surface area contributed by atoms with E-state index in [1.165, 1.54) is 18.2 Å². The molecule has 2 saturated heterocycles. The second kappa shape index (κ2) is 13.4. The number of benzene rings is 2. The number of hydrogen-bond acceptors (Lipinski definition) is 14. The molecule has 4 aliphatic rings. The first-order valence-electron chi connectivity index (χ1n) is 17.1. The van der Waals surface area contributed by atoms with Crippen molar-refractivity contribution < 1.29 is 59.2 Å². The Balaban J connectivity index is 1.52. The van der Waals surface area contributed by atoms with Crippen LogP contribution < -0.4 is 0 Å². The van der Waals surface area contributed by atoms with E-state index in [0.717, 1.165) is 0 Å². The summed E-state index contributed by atoms with van der Waals surface area (Å²) in [6.45, 7) is 5.12. The Labute approximate surface area is 290 Å². The predicted octanol–water partition coefficient (Wildman–Crippen LogP) is 2.09. The maximum Gasteiger partial charge on any atom is 0.202 e. The highest BCUT2D eigenvalue weighted by atomic mass is 16.7. The second-order valence-electron chi connectivity index (χ2n) is 14.5. The number of aromatic hydroxyl groups is 3. The van der Waals surface area contributed by atoms with Crippen LogP contribution in [0.15, 0.2) is 18.2 Å². The third-order valence-electron chi connectivity index (χ3n) is 11.0. The van der Waals surface area contributed by atoms with E-state index in [1.807, 2.05) is 38.0 Å². The smallest absolute Gasteiger partial charge is 0.202 e. The lowest BCUT2D eigenvalue weighted by Crippen LogP contribution is -2.55. The zero-order valence-electron chi connectivity index (χ0n) is 29.4. The average molecular weight is 701 g/mol. The third-order valence-corrected chi connectivity index (χ3v) is 11.0. The lowest BCUT2D eigenvalue weighted by Gasteiger charge is -2.48. The Bertz CT molecular complexity index is 1660. The molecular weight excluding hydrogens is 652 g/mol. The molecular formula is C36H48N2O12. The Hall–Kier alpha value is -3.18. The van der Waals surface area contributed by atoms with Crippen molar-refractivity contribution in [1.82, 2.24) is 9.80 Å². The van der Waals surface area contributed by atoms with E-state index in [-0.39, 0.29) is 60.0 Å². The van der Waals surface area contributed by atoms with Crippen LogP contribution in [0, 0.1) is 0 Å². The number of ether oxygens (including phenoxy) is 4. The van der Waals surface area contributed by atoms with E-state index in [2.05, 4.69) is 0 Å². The van der Waals surface area contributed by atoms with Gasteiger partial charge in [-0.15, -0.1) is 0 Å². The van der Waals surface area contributed by atoms with Crippen molar-refractivity contribution >= 4 is 11.6 Å². The lowest BCUT2D eigenvalue weighted by atomic mass is 9.70. The topological polar surface area (TPSA) is 199 Å². The summed E-state index contributed by atoms with van der Waals surface area (Å²) in [6.07, 6.45) is -7.20. The first-order chi connectivity index (χ1) is 23.5. The maximum absolute atomic E-state index is 14.0. The number of phenols is 3. The third kappa shape index (κ3) is 5.90. The molecule has 0 spiro atoms. The zero-order valence-corrected chi connectivity index (χ0v) is 29.4. The molecule has 6 N–H and O–H groups in total. The average Bonchev–Trinajstić information content (AvgIpc) is 3.05. The van der Waals surface area contributed by atoms with Gasteiger partial charge in [-0.3, -0.25) is 9.59 Å². The number of rotatable bonds is 7. The van der Waals surface area contributed by atoms with Crippen LogP contribution in [0.2, 0.25) is 0 Å². The number of fused-ring (bicyclic) bond motifs is 3. The molecule has 6 rings (SSSR count). The minimum Gasteiger partial charge on any atom is -0.507 e. The van der Waals surface area contributed by atoms with Gasteiger partial charge in [-0.25, -0.2) is 0 Å². The summed E-state index contributed by atoms with van der Waals surface area (Å²) >= 11 is 0. The molecule has 50 heavy (non-hydrogen) atoms. The van der Waals surface area contributed by atoms with Gasteiger partial charge in [-0.2, -0.15) is 0 Å². The normalized spacial score (nSPS) is 35.6. The number of phenolic OH excluding ortho intramolecular Hbond substituents is 3. The van der Waals surface area contributed by atoms with E-state index in [4.69, 9.17) is 18.9 Å². The monoisotopic (exact) mass is 700 g/mol. The standard InChI is InChI=1S/C36H48N2O12/c1-8-36(46)14-21(49-22-12-18(37(4)5)29(40)15(2)47-22)25-28(35(36)50-23-13-19(38(6)7)30(41)16(3)48-23)34(45)26-27(33(25)44)32(43)24-17(31(26)42)10-9-11-20(24)39/h9-11,15-16,18-19,21-23,29-30,35,39-41,44-46H,8,12-14H2,1-7H3/t15-,16+,18-,19-,21-,22+,23+,29+,30-,35-,36-/m0/s1. The fourth-order valence-electron chi connectivity index (χ4n) is 8.05. The molecule has 2 aromatic rings. The number of aliphatic hydroxyl groups excluding tert-OH is 2. The van der Waals surface area contributed by atoms with Crippen molar-refractivity contribution in [1.29, 1.82) is 0 Å². The summed E-state index contributed by atoms with van der Waals surface area (Å²) in [5.41, 5.74) is -3.47. The van der Waals surface area contributed by atoms with Crippen LogP contribution in [0.3, 0.4) is 0 Å². The first-order valence-corrected chi connectivity index (χ1v) is 17.1. The van der Waals surface area contributed by atoms with Crippen LogP contribution in [0.25, 0.3) is 0 Å². The molecule has 2 aliphatic carbocycles. The molecule has 2 aliphatic heterocycles. The van der Waals surface area contributed by atoms with Gasteiger partial charge in [-0.1, -0.05) is 19.1 Å². The van der Waals surface area contributed by atoms with E-state index in [0.29, 0.717) is 0 Å². The number of ketones is 2. The lowest BCUT2D eigenvalue weighted by molar-refractivity contribution is -0.289. The molecule has 0 aromatic heterocycles. The molecule has 2 heterocycles. The summed E-state index contributed by atoms with van der Waals surface area (Å²) in [5.74, 6) is -3.49. The highest BCUT2D eigenvalue weighted by molar-refractivity contribution is 6.31. The molecule has 2 fully saturated rings. The minimum absolute atomic E-state index is 0.0702. The van der Waals surface area contributed by atoms with Crippen LogP contribution in [0.5, 0.6) is 17.2 Å². The van der Waals surface area contributed by atoms with Gasteiger partial charge in [0.2, 0.25) is 5.78 Å². The van der Waals surface area contributed by atoms with Gasteiger partial charge in [0, 0.05) is 48.0 Å². The quantitative estimate of drug-likeness (QED) is 0.196. The zero-order chi connectivity index (χ0) is 36.6. The first kappa shape index (κ1) is 36.6. The Morgan fingerprint density at radius 3 is 1.86 bits per heavy atom. The van der Waals surface area contributed by atoms with Gasteiger partial charge in [0.25, 0.3) is 0 Å². The number of hydrogen-bond donors (Lipinski definition) is 6. The Kier molecular flexibility index (Phi) is 9.82. The fraction of sp³-hybridized carbons (Fsp3) is 0.611. The molecule has 0 unspecified atom stereocenters. The number of aliphatic hydroxyl groups is 3. The van der Waals surface area contributed by atoms with E-state index >= 15 is 0 Å². The highest BCUT2D eigenvalue weighted by Crippen LogP contribution is 2.58. The van der Waals surface area contributed by atoms with Crippen LogP contribution in [-0.2, 0) is 18.9 Å². The van der Waals surface area contributed by atoms with Gasteiger partial charge < -0.3 is 59.4 Å². The van der Waals surface area contributed by atoms with Crippen LogP contribution in [-0.4, -0.2) is 135 Å². The summed E-state index contributed by atoms with van der Waals surface area (Å²) in [7, 11) is 7.25. The molecule has 14 heteroatoms. The molecule has 0 amide bonds. The van der Waals surface area contributed by atoms with Crippen LogP contribution in [0.1, 0.15) is 102 Å². The van der Waals surface area contributed by atoms with Crippen LogP contribution in [0.4, 0.5) is 0 Å². The summed E-state index contributed by atoms with van der Waals surface area (Å²) in [4.78, 5) is 31.6. The van der Waals surface area contributed by atoms with E-state index < -0.39 is 94.7 Å². The van der Waals surface area contributed by atoms with Crippen molar-refractivity contribution in [2.24, 2.45) is 0 Å². The Morgan fingerprint density at radius 2 is 1.32 bits per heavy atom. The van der Waals surface area contributed by atoms with Crippen molar-refractivity contribution in [3.63, 3.8) is 0 Å². The van der Waals surface area contributed by atoms with Gasteiger partial charge in [0.05, 0.1) is 52.8 Å². The van der Waals surface area contributed by atoms with E-state index in [1.54, 1.807) is 20.8 Å². The van der Waals surface area contributed by atoms with Crippen molar-refractivity contribution in [3.8, 4) is 17.2 Å². The van der Waals surface area contributed by atoms with E-state index in [9.17, 15) is 40.2 Å². The Morgan fingerprint density at radius 1 is 0.800 bits per heavy atom. The molecule has 0 saturated carbocycles. The number of nitrogens with zero attached hydrogens (tertiary/aromatic N) is 2. The summed E-state index contributed by atoms with van der Waals surface area (Å²) in [5, 5.41) is 68.8. The maximum atomic E-state index is 14.0. The number of likely N-dealkylation sites (N-methyl/N-ethyl adjacent to an activating group) is 2.